The van der Waals surface area contributed by atoms with E-state index in [1.54, 1.807) is 0 Å². The van der Waals surface area contributed by atoms with E-state index in [0.29, 0.717) is 0 Å². The molecule has 1 aliphatic heterocycles. The van der Waals surface area contributed by atoms with Crippen molar-refractivity contribution in [3.8, 4) is 0 Å². The third-order valence-corrected chi connectivity index (χ3v) is 3.42. The molecular formula is C11H19ClFN3O3S. The van der Waals surface area contributed by atoms with Gasteiger partial charge in [-0.25, -0.2) is 9.38 Å². The Hall–Kier alpha value is -0.860. The fourth-order valence-corrected chi connectivity index (χ4v) is 1.95. The molecule has 0 amide bonds. The van der Waals surface area contributed by atoms with Gasteiger partial charge in [0.05, 0.1) is 25.1 Å². The van der Waals surface area contributed by atoms with Crippen LogP contribution < -0.4 is 10.6 Å². The van der Waals surface area contributed by atoms with Gasteiger partial charge in [-0.1, -0.05) is 32.4 Å². The van der Waals surface area contributed by atoms with Crippen molar-refractivity contribution < 1.29 is 17.0 Å². The van der Waals surface area contributed by atoms with E-state index >= 15 is 0 Å². The number of hydrogen-bond acceptors (Lipinski definition) is 6. The maximum absolute atomic E-state index is 13.6. The summed E-state index contributed by atoms with van der Waals surface area (Å²) in [6.07, 6.45) is 1.97. The van der Waals surface area contributed by atoms with Crippen LogP contribution in [0.25, 0.3) is 0 Å². The van der Waals surface area contributed by atoms with E-state index in [4.69, 9.17) is 15.8 Å². The molecule has 0 saturated heterocycles. The topological polar surface area (TPSA) is 79.8 Å². The van der Waals surface area contributed by atoms with Crippen LogP contribution in [0.3, 0.4) is 0 Å². The Kier molecular flexibility index (Phi) is 5.39. The maximum Gasteiger partial charge on any atom is 0.264 e. The zero-order valence-corrected chi connectivity index (χ0v) is 13.3. The lowest BCUT2D eigenvalue weighted by molar-refractivity contribution is 0.184. The van der Waals surface area contributed by atoms with Gasteiger partial charge in [0.15, 0.2) is 11.5 Å². The fraction of sp³-hybridized carbons (Fsp3) is 0.727. The summed E-state index contributed by atoms with van der Waals surface area (Å²) in [4.78, 5) is 3.65. The van der Waals surface area contributed by atoms with E-state index in [0.717, 1.165) is 12.5 Å². The third kappa shape index (κ3) is 5.64. The lowest BCUT2D eigenvalue weighted by Gasteiger charge is -2.33. The van der Waals surface area contributed by atoms with Crippen LogP contribution in [0.2, 0.25) is 0 Å². The molecular weight excluding hydrogens is 309 g/mol. The molecule has 20 heavy (non-hydrogen) atoms. The van der Waals surface area contributed by atoms with Crippen LogP contribution in [0.5, 0.6) is 0 Å². The first kappa shape index (κ1) is 17.2. The molecule has 0 aromatic rings. The largest absolute Gasteiger partial charge is 0.364 e. The fourth-order valence-electron chi connectivity index (χ4n) is 1.41. The highest BCUT2D eigenvalue weighted by Crippen LogP contribution is 2.22. The number of halogens is 2. The zero-order valence-electron chi connectivity index (χ0n) is 11.8. The predicted molar refractivity (Wildman–Crippen MR) is 76.6 cm³/mol. The predicted octanol–water partition coefficient (Wildman–Crippen LogP) is 1.30. The molecule has 0 spiro atoms. The molecule has 1 rings (SSSR count). The van der Waals surface area contributed by atoms with Crippen LogP contribution in [0, 0.1) is 5.41 Å². The number of aliphatic imine (C=N–C) groups is 1. The molecule has 0 fully saturated rings. The zero-order chi connectivity index (χ0) is 15.6. The number of rotatable bonds is 5. The highest BCUT2D eigenvalue weighted by Gasteiger charge is 2.28. The van der Waals surface area contributed by atoms with Crippen LogP contribution in [-0.2, 0) is 14.3 Å². The minimum absolute atomic E-state index is 0.0667. The van der Waals surface area contributed by atoms with Crippen molar-refractivity contribution in [2.24, 2.45) is 10.4 Å². The van der Waals surface area contributed by atoms with Gasteiger partial charge in [-0.15, -0.1) is 0 Å². The van der Waals surface area contributed by atoms with Gasteiger partial charge in [-0.3, -0.25) is 4.18 Å². The first-order chi connectivity index (χ1) is 8.99. The van der Waals surface area contributed by atoms with E-state index in [1.807, 2.05) is 20.8 Å². The van der Waals surface area contributed by atoms with Gasteiger partial charge in [0, 0.05) is 0 Å². The molecule has 2 N–H and O–H groups in total. The minimum Gasteiger partial charge on any atom is -0.364 e. The standard InChI is InChI=1S/C11H19ClFN3O3S/c1-11(2,3)8(6-19-20(4,17)18)15-9-7(13)5-14-10(12)16-9/h5,8,10,15-16H,6H2,1-4H3/t8-,10?/m1/s1. The van der Waals surface area contributed by atoms with Gasteiger partial charge in [0.2, 0.25) is 0 Å². The summed E-state index contributed by atoms with van der Waals surface area (Å²) in [7, 11) is -3.57. The van der Waals surface area contributed by atoms with Gasteiger partial charge in [0.1, 0.15) is 5.82 Å². The minimum atomic E-state index is -3.57. The Labute approximate surface area is 123 Å². The summed E-state index contributed by atoms with van der Waals surface area (Å²) in [6.45, 7) is 5.52. The quantitative estimate of drug-likeness (QED) is 0.452. The van der Waals surface area contributed by atoms with Gasteiger partial charge in [-0.2, -0.15) is 8.42 Å². The van der Waals surface area contributed by atoms with Gasteiger partial charge in [0.25, 0.3) is 10.1 Å². The first-order valence-corrected chi connectivity index (χ1v) is 8.19. The molecule has 1 unspecified atom stereocenters. The van der Waals surface area contributed by atoms with Crippen molar-refractivity contribution in [1.29, 1.82) is 0 Å². The summed E-state index contributed by atoms with van der Waals surface area (Å²) in [5.41, 5.74) is -1.13. The average Bonchev–Trinajstić information content (AvgIpc) is 2.25. The van der Waals surface area contributed by atoms with Crippen molar-refractivity contribution >= 4 is 27.9 Å². The molecule has 116 valence electrons. The van der Waals surface area contributed by atoms with E-state index < -0.39 is 27.6 Å². The molecule has 0 radical (unpaired) electrons. The molecule has 0 saturated carbocycles. The van der Waals surface area contributed by atoms with Crippen LogP contribution >= 0.6 is 11.6 Å². The SMILES string of the molecule is CC(C)(C)[C@@H](COS(C)(=O)=O)NC1=C(F)C=NC(Cl)N1. The molecule has 0 aromatic heterocycles. The second kappa shape index (κ2) is 6.28. The monoisotopic (exact) mass is 327 g/mol. The lowest BCUT2D eigenvalue weighted by Crippen LogP contribution is -2.48. The Morgan fingerprint density at radius 3 is 2.70 bits per heavy atom. The molecule has 6 nitrogen and oxygen atoms in total. The Morgan fingerprint density at radius 1 is 1.60 bits per heavy atom. The van der Waals surface area contributed by atoms with Crippen LogP contribution in [0.1, 0.15) is 20.8 Å². The number of nitrogens with one attached hydrogen (secondary N) is 2. The molecule has 0 aliphatic carbocycles. The first-order valence-electron chi connectivity index (χ1n) is 5.93. The van der Waals surface area contributed by atoms with Crippen molar-refractivity contribution in [2.75, 3.05) is 12.9 Å². The summed E-state index contributed by atoms with van der Waals surface area (Å²) in [5, 5.41) is 5.50. The highest BCUT2D eigenvalue weighted by atomic mass is 35.5. The van der Waals surface area contributed by atoms with E-state index in [2.05, 4.69) is 15.6 Å². The second-order valence-electron chi connectivity index (χ2n) is 5.53. The van der Waals surface area contributed by atoms with Crippen molar-refractivity contribution in [3.63, 3.8) is 0 Å². The van der Waals surface area contributed by atoms with Crippen LogP contribution in [-0.4, -0.2) is 39.2 Å². The van der Waals surface area contributed by atoms with Crippen molar-refractivity contribution in [3.05, 3.63) is 11.6 Å². The molecule has 1 aliphatic rings. The Balaban J connectivity index is 2.83. The summed E-state index contributed by atoms with van der Waals surface area (Å²) >= 11 is 5.75. The molecule has 1 heterocycles. The molecule has 9 heteroatoms. The van der Waals surface area contributed by atoms with Crippen molar-refractivity contribution in [1.82, 2.24) is 10.6 Å². The Bertz CT molecular complexity index is 513. The molecule has 0 aromatic carbocycles. The normalized spacial score (nSPS) is 21.6. The number of hydrogen-bond donors (Lipinski definition) is 2. The van der Waals surface area contributed by atoms with E-state index in [-0.39, 0.29) is 17.8 Å². The van der Waals surface area contributed by atoms with Gasteiger partial charge >= 0.3 is 0 Å². The van der Waals surface area contributed by atoms with Gasteiger partial charge < -0.3 is 10.6 Å². The second-order valence-corrected chi connectivity index (χ2v) is 7.59. The van der Waals surface area contributed by atoms with Crippen molar-refractivity contribution in [2.45, 2.75) is 32.4 Å². The lowest BCUT2D eigenvalue weighted by atomic mass is 9.87. The summed E-state index contributed by atoms with van der Waals surface area (Å²) in [6, 6.07) is -0.444. The van der Waals surface area contributed by atoms with Gasteiger partial charge in [-0.05, 0) is 5.41 Å². The average molecular weight is 328 g/mol. The van der Waals surface area contributed by atoms with E-state index in [1.165, 1.54) is 0 Å². The summed E-state index contributed by atoms with van der Waals surface area (Å²) < 4.78 is 40.6. The van der Waals surface area contributed by atoms with Crippen LogP contribution in [0.15, 0.2) is 16.6 Å². The molecule has 2 atom stereocenters. The number of nitrogens with zero attached hydrogens (tertiary/aromatic N) is 1. The molecule has 0 bridgehead atoms. The van der Waals surface area contributed by atoms with Crippen LogP contribution in [0.4, 0.5) is 4.39 Å². The number of alkyl halides is 1. The Morgan fingerprint density at radius 2 is 2.20 bits per heavy atom. The number of allylic oxidation sites excluding steroid dienone is 1. The third-order valence-electron chi connectivity index (χ3n) is 2.63. The highest BCUT2D eigenvalue weighted by molar-refractivity contribution is 7.85. The summed E-state index contributed by atoms with van der Waals surface area (Å²) in [5.74, 6) is -0.535. The smallest absolute Gasteiger partial charge is 0.264 e. The maximum atomic E-state index is 13.6. The van der Waals surface area contributed by atoms with E-state index in [9.17, 15) is 12.8 Å².